The van der Waals surface area contributed by atoms with Crippen molar-refractivity contribution in [1.82, 2.24) is 5.32 Å². The standard InChI is InChI=1S/C16H13FN2O4/c17-10-6-12-9(5-8(10)7-20)16(3-4-16)15(23)19(12)11-1-2-13(21)18-14(11)22/h5-7,11H,1-4H2,(H,18,21,22). The van der Waals surface area contributed by atoms with Crippen molar-refractivity contribution >= 4 is 29.7 Å². The summed E-state index contributed by atoms with van der Waals surface area (Å²) in [5.74, 6) is -1.88. The van der Waals surface area contributed by atoms with Crippen LogP contribution in [-0.2, 0) is 19.8 Å². The van der Waals surface area contributed by atoms with Crippen LogP contribution in [0.3, 0.4) is 0 Å². The average Bonchev–Trinajstić information content (AvgIpc) is 3.27. The zero-order valence-corrected chi connectivity index (χ0v) is 12.1. The van der Waals surface area contributed by atoms with Crippen molar-refractivity contribution in [3.05, 3.63) is 29.1 Å². The molecule has 1 aromatic rings. The summed E-state index contributed by atoms with van der Waals surface area (Å²) in [6.45, 7) is 0. The van der Waals surface area contributed by atoms with E-state index in [1.165, 1.54) is 11.0 Å². The van der Waals surface area contributed by atoms with Crippen LogP contribution in [0.5, 0.6) is 0 Å². The molecule has 1 unspecified atom stereocenters. The van der Waals surface area contributed by atoms with Gasteiger partial charge in [-0.2, -0.15) is 0 Å². The maximum Gasteiger partial charge on any atom is 0.249 e. The maximum atomic E-state index is 14.0. The molecule has 1 saturated heterocycles. The van der Waals surface area contributed by atoms with E-state index < -0.39 is 23.2 Å². The van der Waals surface area contributed by atoms with Crippen molar-refractivity contribution in [2.75, 3.05) is 4.90 Å². The fourth-order valence-corrected chi connectivity index (χ4v) is 3.55. The first kappa shape index (κ1) is 14.0. The van der Waals surface area contributed by atoms with E-state index in [4.69, 9.17) is 0 Å². The molecule has 1 atom stereocenters. The van der Waals surface area contributed by atoms with Gasteiger partial charge in [-0.05, 0) is 37.0 Å². The number of fused-ring (bicyclic) bond motifs is 2. The molecule has 2 fully saturated rings. The first-order valence-electron chi connectivity index (χ1n) is 7.44. The number of carbonyl (C=O) groups excluding carboxylic acids is 4. The van der Waals surface area contributed by atoms with Crippen LogP contribution < -0.4 is 10.2 Å². The molecule has 0 bridgehead atoms. The van der Waals surface area contributed by atoms with Crippen LogP contribution in [0.15, 0.2) is 12.1 Å². The molecular weight excluding hydrogens is 303 g/mol. The van der Waals surface area contributed by atoms with Crippen molar-refractivity contribution in [1.29, 1.82) is 0 Å². The van der Waals surface area contributed by atoms with Crippen molar-refractivity contribution in [2.24, 2.45) is 0 Å². The van der Waals surface area contributed by atoms with Gasteiger partial charge < -0.3 is 0 Å². The average molecular weight is 316 g/mol. The Balaban J connectivity index is 1.83. The lowest BCUT2D eigenvalue weighted by molar-refractivity contribution is -0.135. The minimum atomic E-state index is -0.819. The normalized spacial score (nSPS) is 24.7. The van der Waals surface area contributed by atoms with Crippen molar-refractivity contribution < 1.29 is 23.6 Å². The molecule has 1 saturated carbocycles. The van der Waals surface area contributed by atoms with E-state index in [1.54, 1.807) is 0 Å². The molecule has 4 rings (SSSR count). The summed E-state index contributed by atoms with van der Waals surface area (Å²) in [5.41, 5.74) is 0.122. The van der Waals surface area contributed by atoms with Gasteiger partial charge >= 0.3 is 0 Å². The Bertz CT molecular complexity index is 785. The lowest BCUT2D eigenvalue weighted by atomic mass is 9.96. The predicted molar refractivity (Wildman–Crippen MR) is 76.4 cm³/mol. The van der Waals surface area contributed by atoms with Gasteiger partial charge in [0.15, 0.2) is 6.29 Å². The third-order valence-electron chi connectivity index (χ3n) is 4.92. The van der Waals surface area contributed by atoms with Gasteiger partial charge in [0.25, 0.3) is 0 Å². The highest BCUT2D eigenvalue weighted by Crippen LogP contribution is 2.58. The molecule has 3 amide bonds. The van der Waals surface area contributed by atoms with Gasteiger partial charge in [-0.3, -0.25) is 29.4 Å². The number of hydrogen-bond donors (Lipinski definition) is 1. The number of amides is 3. The molecule has 3 aliphatic rings. The number of carbonyl (C=O) groups is 4. The molecule has 1 N–H and O–H groups in total. The first-order chi connectivity index (χ1) is 11.0. The summed E-state index contributed by atoms with van der Waals surface area (Å²) in [6, 6.07) is 1.74. The Hall–Kier alpha value is -2.57. The van der Waals surface area contributed by atoms with E-state index >= 15 is 0 Å². The molecule has 118 valence electrons. The lowest BCUT2D eigenvalue weighted by Crippen LogP contribution is -2.54. The second-order valence-corrected chi connectivity index (χ2v) is 6.23. The molecule has 1 aromatic carbocycles. The van der Waals surface area contributed by atoms with Gasteiger partial charge in [0.05, 0.1) is 16.7 Å². The summed E-state index contributed by atoms with van der Waals surface area (Å²) < 4.78 is 14.0. The highest BCUT2D eigenvalue weighted by atomic mass is 19.1. The van der Waals surface area contributed by atoms with E-state index in [1.807, 2.05) is 0 Å². The van der Waals surface area contributed by atoms with Crippen molar-refractivity contribution in [2.45, 2.75) is 37.1 Å². The molecule has 2 aliphatic heterocycles. The van der Waals surface area contributed by atoms with E-state index in [2.05, 4.69) is 5.32 Å². The van der Waals surface area contributed by atoms with E-state index in [0.717, 1.165) is 6.07 Å². The van der Waals surface area contributed by atoms with Crippen LogP contribution in [0.25, 0.3) is 0 Å². The molecule has 7 heteroatoms. The lowest BCUT2D eigenvalue weighted by Gasteiger charge is -2.30. The highest BCUT2D eigenvalue weighted by molar-refractivity contribution is 6.15. The minimum absolute atomic E-state index is 0.0899. The Morgan fingerprint density at radius 3 is 2.61 bits per heavy atom. The second-order valence-electron chi connectivity index (χ2n) is 6.23. The van der Waals surface area contributed by atoms with Gasteiger partial charge in [-0.25, -0.2) is 4.39 Å². The third-order valence-corrected chi connectivity index (χ3v) is 4.92. The number of nitrogens with one attached hydrogen (secondary N) is 1. The zero-order chi connectivity index (χ0) is 16.4. The Morgan fingerprint density at radius 1 is 1.26 bits per heavy atom. The zero-order valence-electron chi connectivity index (χ0n) is 12.1. The minimum Gasteiger partial charge on any atom is -0.299 e. The van der Waals surface area contributed by atoms with Crippen molar-refractivity contribution in [3.63, 3.8) is 0 Å². The highest BCUT2D eigenvalue weighted by Gasteiger charge is 2.61. The number of halogens is 1. The van der Waals surface area contributed by atoms with Crippen LogP contribution in [0, 0.1) is 5.82 Å². The number of nitrogens with zero attached hydrogens (tertiary/aromatic N) is 1. The molecule has 1 spiro atoms. The van der Waals surface area contributed by atoms with Gasteiger partial charge in [-0.15, -0.1) is 0 Å². The molecular formula is C16H13FN2O4. The quantitative estimate of drug-likeness (QED) is 0.647. The smallest absolute Gasteiger partial charge is 0.249 e. The number of piperidine rings is 1. The molecule has 1 aliphatic carbocycles. The number of aldehydes is 1. The van der Waals surface area contributed by atoms with Crippen LogP contribution in [0.4, 0.5) is 10.1 Å². The largest absolute Gasteiger partial charge is 0.299 e. The summed E-state index contributed by atoms with van der Waals surface area (Å²) in [6.07, 6.45) is 2.00. The Labute approximate surface area is 130 Å². The molecule has 0 aromatic heterocycles. The van der Waals surface area contributed by atoms with Crippen molar-refractivity contribution in [3.8, 4) is 0 Å². The van der Waals surface area contributed by atoms with Gasteiger partial charge in [0.1, 0.15) is 11.9 Å². The second kappa shape index (κ2) is 4.47. The van der Waals surface area contributed by atoms with E-state index in [9.17, 15) is 23.6 Å². The molecule has 6 nitrogen and oxygen atoms in total. The molecule has 23 heavy (non-hydrogen) atoms. The van der Waals surface area contributed by atoms with E-state index in [-0.39, 0.29) is 30.2 Å². The monoisotopic (exact) mass is 316 g/mol. The number of benzene rings is 1. The Morgan fingerprint density at radius 2 is 2.00 bits per heavy atom. The topological polar surface area (TPSA) is 83.6 Å². The fourth-order valence-electron chi connectivity index (χ4n) is 3.55. The fraction of sp³-hybridized carbons (Fsp3) is 0.375. The van der Waals surface area contributed by atoms with Crippen LogP contribution in [-0.4, -0.2) is 30.0 Å². The summed E-state index contributed by atoms with van der Waals surface area (Å²) in [5, 5.41) is 2.22. The molecule has 2 heterocycles. The maximum absolute atomic E-state index is 14.0. The van der Waals surface area contributed by atoms with Gasteiger partial charge in [0.2, 0.25) is 17.7 Å². The van der Waals surface area contributed by atoms with Crippen LogP contribution in [0.1, 0.15) is 41.6 Å². The number of rotatable bonds is 2. The van der Waals surface area contributed by atoms with Crippen LogP contribution >= 0.6 is 0 Å². The summed E-state index contributed by atoms with van der Waals surface area (Å²) >= 11 is 0. The predicted octanol–water partition coefficient (Wildman–Crippen LogP) is 0.822. The SMILES string of the molecule is O=Cc1cc2c(cc1F)N(C1CCC(=O)NC1=O)C(=O)C21CC1. The Kier molecular flexibility index (Phi) is 2.73. The molecule has 0 radical (unpaired) electrons. The third kappa shape index (κ3) is 1.79. The van der Waals surface area contributed by atoms with Gasteiger partial charge in [0, 0.05) is 6.42 Å². The van der Waals surface area contributed by atoms with Gasteiger partial charge in [-0.1, -0.05) is 0 Å². The number of hydrogen-bond acceptors (Lipinski definition) is 4. The van der Waals surface area contributed by atoms with Crippen LogP contribution in [0.2, 0.25) is 0 Å². The summed E-state index contributed by atoms with van der Waals surface area (Å²) in [7, 11) is 0. The number of imide groups is 1. The summed E-state index contributed by atoms with van der Waals surface area (Å²) in [4.78, 5) is 48.5. The van der Waals surface area contributed by atoms with E-state index in [0.29, 0.717) is 30.4 Å². The first-order valence-corrected chi connectivity index (χ1v) is 7.44. The number of anilines is 1.